The molecule has 0 saturated heterocycles. The van der Waals surface area contributed by atoms with Crippen molar-refractivity contribution in [3.8, 4) is 0 Å². The molecular formula is C12H14F2. The van der Waals surface area contributed by atoms with Gasteiger partial charge < -0.3 is 0 Å². The number of allylic oxidation sites excluding steroid dienone is 1. The lowest BCUT2D eigenvalue weighted by Crippen LogP contribution is -1.98. The zero-order valence-electron chi connectivity index (χ0n) is 8.64. The average molecular weight is 196 g/mol. The summed E-state index contributed by atoms with van der Waals surface area (Å²) >= 11 is 0. The molecule has 0 aliphatic rings. The molecule has 0 nitrogen and oxygen atoms in total. The zero-order chi connectivity index (χ0) is 10.8. The molecule has 1 aromatic carbocycles. The van der Waals surface area contributed by atoms with Gasteiger partial charge in [0.05, 0.1) is 0 Å². The third kappa shape index (κ3) is 3.29. The Bertz CT molecular complexity index is 346. The van der Waals surface area contributed by atoms with Crippen LogP contribution in [-0.4, -0.2) is 0 Å². The van der Waals surface area contributed by atoms with E-state index in [9.17, 15) is 8.78 Å². The molecule has 0 amide bonds. The normalized spacial score (nSPS) is 12.4. The minimum absolute atomic E-state index is 0.000820. The molecule has 0 aliphatic carbocycles. The summed E-state index contributed by atoms with van der Waals surface area (Å²) in [5, 5.41) is 0. The summed E-state index contributed by atoms with van der Waals surface area (Å²) in [6, 6.07) is 3.58. The summed E-state index contributed by atoms with van der Waals surface area (Å²) in [5.41, 5.74) is 0.419. The topological polar surface area (TPSA) is 0 Å². The molecule has 14 heavy (non-hydrogen) atoms. The number of hydrogen-bond donors (Lipinski definition) is 0. The Morgan fingerprint density at radius 3 is 2.29 bits per heavy atom. The van der Waals surface area contributed by atoms with Crippen LogP contribution in [0.5, 0.6) is 0 Å². The molecule has 0 fully saturated rings. The zero-order valence-corrected chi connectivity index (χ0v) is 8.64. The summed E-state index contributed by atoms with van der Waals surface area (Å²) in [7, 11) is 0. The fourth-order valence-electron chi connectivity index (χ4n) is 0.976. The third-order valence-electron chi connectivity index (χ3n) is 1.73. The standard InChI is InChI=1S/C12H14F2/c1-12(2,3)7-6-9-4-5-10(13)8-11(9)14/h4-8H,1-3H3/b7-6+. The van der Waals surface area contributed by atoms with Crippen LogP contribution >= 0.6 is 0 Å². The van der Waals surface area contributed by atoms with Gasteiger partial charge in [0.1, 0.15) is 11.6 Å². The Labute approximate surface area is 83.3 Å². The quantitative estimate of drug-likeness (QED) is 0.636. The largest absolute Gasteiger partial charge is 0.207 e. The highest BCUT2D eigenvalue weighted by molar-refractivity contribution is 5.50. The highest BCUT2D eigenvalue weighted by atomic mass is 19.1. The molecule has 0 unspecified atom stereocenters. The van der Waals surface area contributed by atoms with Gasteiger partial charge >= 0.3 is 0 Å². The van der Waals surface area contributed by atoms with Crippen LogP contribution in [0.4, 0.5) is 8.78 Å². The van der Waals surface area contributed by atoms with Crippen molar-refractivity contribution < 1.29 is 8.78 Å². The Morgan fingerprint density at radius 1 is 1.14 bits per heavy atom. The predicted molar refractivity (Wildman–Crippen MR) is 54.8 cm³/mol. The van der Waals surface area contributed by atoms with Crippen LogP contribution in [0.15, 0.2) is 24.3 Å². The van der Waals surface area contributed by atoms with E-state index in [1.807, 2.05) is 26.8 Å². The monoisotopic (exact) mass is 196 g/mol. The molecule has 0 aromatic heterocycles. The van der Waals surface area contributed by atoms with Gasteiger partial charge in [-0.1, -0.05) is 32.9 Å². The number of hydrogen-bond acceptors (Lipinski definition) is 0. The van der Waals surface area contributed by atoms with E-state index in [1.54, 1.807) is 6.08 Å². The number of halogens is 2. The van der Waals surface area contributed by atoms with Crippen molar-refractivity contribution in [1.82, 2.24) is 0 Å². The Hall–Kier alpha value is -1.18. The van der Waals surface area contributed by atoms with Crippen LogP contribution in [0.1, 0.15) is 26.3 Å². The maximum atomic E-state index is 13.1. The van der Waals surface area contributed by atoms with Crippen molar-refractivity contribution in [3.05, 3.63) is 41.5 Å². The van der Waals surface area contributed by atoms with Crippen LogP contribution in [-0.2, 0) is 0 Å². The predicted octanol–water partition coefficient (Wildman–Crippen LogP) is 4.02. The summed E-state index contributed by atoms with van der Waals surface area (Å²) in [6.07, 6.45) is 3.57. The number of benzene rings is 1. The third-order valence-corrected chi connectivity index (χ3v) is 1.73. The van der Waals surface area contributed by atoms with Crippen molar-refractivity contribution in [1.29, 1.82) is 0 Å². The van der Waals surface area contributed by atoms with Crippen LogP contribution in [0.25, 0.3) is 6.08 Å². The lowest BCUT2D eigenvalue weighted by atomic mass is 9.95. The van der Waals surface area contributed by atoms with Gasteiger partial charge in [0.15, 0.2) is 0 Å². The molecule has 2 heteroatoms. The maximum Gasteiger partial charge on any atom is 0.133 e. The second kappa shape index (κ2) is 3.91. The van der Waals surface area contributed by atoms with E-state index in [0.29, 0.717) is 5.56 Å². The van der Waals surface area contributed by atoms with E-state index in [-0.39, 0.29) is 5.41 Å². The Morgan fingerprint density at radius 2 is 1.79 bits per heavy atom. The van der Waals surface area contributed by atoms with Crippen molar-refractivity contribution in [2.45, 2.75) is 20.8 Å². The molecule has 0 bridgehead atoms. The SMILES string of the molecule is CC(C)(C)/C=C/c1ccc(F)cc1F. The van der Waals surface area contributed by atoms with E-state index in [4.69, 9.17) is 0 Å². The van der Waals surface area contributed by atoms with Crippen LogP contribution < -0.4 is 0 Å². The Kier molecular flexibility index (Phi) is 3.04. The van der Waals surface area contributed by atoms with Gasteiger partial charge in [-0.25, -0.2) is 8.78 Å². The molecule has 0 aliphatic heterocycles. The lowest BCUT2D eigenvalue weighted by Gasteiger charge is -2.11. The highest BCUT2D eigenvalue weighted by Crippen LogP contribution is 2.18. The summed E-state index contributed by atoms with van der Waals surface area (Å²) in [5.74, 6) is -1.07. The van der Waals surface area contributed by atoms with Gasteiger partial charge in [0, 0.05) is 11.6 Å². The van der Waals surface area contributed by atoms with Crippen molar-refractivity contribution in [2.24, 2.45) is 5.41 Å². The van der Waals surface area contributed by atoms with Gasteiger partial charge in [0.2, 0.25) is 0 Å². The maximum absolute atomic E-state index is 13.1. The van der Waals surface area contributed by atoms with Crippen molar-refractivity contribution in [3.63, 3.8) is 0 Å². The summed E-state index contributed by atoms with van der Waals surface area (Å²) in [4.78, 5) is 0. The highest BCUT2D eigenvalue weighted by Gasteiger charge is 2.05. The van der Waals surface area contributed by atoms with Gasteiger partial charge in [-0.05, 0) is 17.5 Å². The molecule has 0 N–H and O–H groups in total. The molecule has 0 atom stereocenters. The van der Waals surface area contributed by atoms with Crippen molar-refractivity contribution in [2.75, 3.05) is 0 Å². The van der Waals surface area contributed by atoms with E-state index in [1.165, 1.54) is 12.1 Å². The first-order chi connectivity index (χ1) is 6.38. The molecular weight excluding hydrogens is 182 g/mol. The summed E-state index contributed by atoms with van der Waals surface area (Å²) < 4.78 is 25.7. The molecule has 1 aromatic rings. The molecule has 1 rings (SSSR count). The van der Waals surface area contributed by atoms with E-state index >= 15 is 0 Å². The van der Waals surface area contributed by atoms with Crippen LogP contribution in [0.2, 0.25) is 0 Å². The van der Waals surface area contributed by atoms with E-state index in [2.05, 4.69) is 0 Å². The molecule has 0 saturated carbocycles. The molecule has 0 spiro atoms. The first-order valence-electron chi connectivity index (χ1n) is 4.53. The molecule has 0 radical (unpaired) electrons. The smallest absolute Gasteiger partial charge is 0.133 e. The Balaban J connectivity index is 2.93. The van der Waals surface area contributed by atoms with Gasteiger partial charge in [-0.2, -0.15) is 0 Å². The number of rotatable bonds is 1. The van der Waals surface area contributed by atoms with E-state index in [0.717, 1.165) is 6.07 Å². The van der Waals surface area contributed by atoms with E-state index < -0.39 is 11.6 Å². The fourth-order valence-corrected chi connectivity index (χ4v) is 0.976. The molecule has 0 heterocycles. The fraction of sp³-hybridized carbons (Fsp3) is 0.333. The average Bonchev–Trinajstić information content (AvgIpc) is 2.00. The minimum Gasteiger partial charge on any atom is -0.207 e. The first kappa shape index (κ1) is 10.9. The van der Waals surface area contributed by atoms with Crippen LogP contribution in [0, 0.1) is 17.0 Å². The van der Waals surface area contributed by atoms with Crippen molar-refractivity contribution >= 4 is 6.08 Å². The second-order valence-corrected chi connectivity index (χ2v) is 4.37. The first-order valence-corrected chi connectivity index (χ1v) is 4.53. The summed E-state index contributed by atoms with van der Waals surface area (Å²) in [6.45, 7) is 6.06. The van der Waals surface area contributed by atoms with Gasteiger partial charge in [-0.15, -0.1) is 0 Å². The minimum atomic E-state index is -0.546. The van der Waals surface area contributed by atoms with Crippen LogP contribution in [0.3, 0.4) is 0 Å². The van der Waals surface area contributed by atoms with Gasteiger partial charge in [0.25, 0.3) is 0 Å². The lowest BCUT2D eigenvalue weighted by molar-refractivity contribution is 0.546. The molecule has 76 valence electrons. The van der Waals surface area contributed by atoms with Gasteiger partial charge in [-0.3, -0.25) is 0 Å². The second-order valence-electron chi connectivity index (χ2n) is 4.37.